The Kier molecular flexibility index (Phi) is 5.36. The molecule has 0 radical (unpaired) electrons. The zero-order valence-corrected chi connectivity index (χ0v) is 14.6. The first-order valence-corrected chi connectivity index (χ1v) is 9.28. The molecule has 1 aromatic rings. The van der Waals surface area contributed by atoms with E-state index >= 15 is 0 Å². The number of piperidine rings is 1. The molecule has 0 atom stereocenters. The Balaban J connectivity index is 1.41. The van der Waals surface area contributed by atoms with Gasteiger partial charge in [-0.25, -0.2) is 0 Å². The fraction of sp³-hybridized carbons (Fsp3) is 0.667. The Labute approximate surface area is 137 Å². The fourth-order valence-electron chi connectivity index (χ4n) is 3.79. The average molecular weight is 351 g/mol. The Hall–Kier alpha value is -0.380. The largest absolute Gasteiger partial charge is 0.311 e. The summed E-state index contributed by atoms with van der Waals surface area (Å²) in [4.78, 5) is 2.61. The van der Waals surface area contributed by atoms with Crippen LogP contribution in [0.25, 0.3) is 0 Å². The maximum atomic E-state index is 3.90. The quantitative estimate of drug-likeness (QED) is 0.857. The van der Waals surface area contributed by atoms with Gasteiger partial charge in [0.1, 0.15) is 0 Å². The van der Waals surface area contributed by atoms with Gasteiger partial charge in [0, 0.05) is 16.6 Å². The Morgan fingerprint density at radius 1 is 1.14 bits per heavy atom. The van der Waals surface area contributed by atoms with Crippen molar-refractivity contribution in [3.63, 3.8) is 0 Å². The molecule has 0 bridgehead atoms. The average Bonchev–Trinajstić information content (AvgIpc) is 2.46. The lowest BCUT2D eigenvalue weighted by atomic mass is 9.75. The van der Waals surface area contributed by atoms with Crippen molar-refractivity contribution in [3.05, 3.63) is 34.3 Å². The highest BCUT2D eigenvalue weighted by atomic mass is 79.9. The first kappa shape index (κ1) is 15.5. The molecule has 3 heteroatoms. The normalized spacial score (nSPS) is 27.5. The Bertz CT molecular complexity index is 448. The molecule has 3 rings (SSSR count). The molecule has 2 nitrogen and oxygen atoms in total. The zero-order chi connectivity index (χ0) is 14.7. The number of rotatable bonds is 5. The summed E-state index contributed by atoms with van der Waals surface area (Å²) in [6.45, 7) is 6.12. The maximum Gasteiger partial charge on any atom is 0.0210 e. The molecule has 1 heterocycles. The summed E-state index contributed by atoms with van der Waals surface area (Å²) in [6.07, 6.45) is 6.55. The standard InChI is InChI=1S/C18H27BrN2/c1-2-9-21-10-7-15(8-11-21)20-16-12-14(13-16)17-5-3-4-6-18(17)19/h3-6,14-16,20H,2,7-13H2,1H3. The van der Waals surface area contributed by atoms with E-state index in [1.807, 2.05) is 0 Å². The summed E-state index contributed by atoms with van der Waals surface area (Å²) in [5.74, 6) is 0.748. The third-order valence-corrected chi connectivity index (χ3v) is 5.80. The smallest absolute Gasteiger partial charge is 0.0210 e. The fourth-order valence-corrected chi connectivity index (χ4v) is 4.40. The number of nitrogens with one attached hydrogen (secondary N) is 1. The van der Waals surface area contributed by atoms with E-state index in [4.69, 9.17) is 0 Å². The van der Waals surface area contributed by atoms with Crippen molar-refractivity contribution in [2.75, 3.05) is 19.6 Å². The number of likely N-dealkylation sites (tertiary alicyclic amines) is 1. The second kappa shape index (κ2) is 7.26. The lowest BCUT2D eigenvalue weighted by Gasteiger charge is -2.41. The summed E-state index contributed by atoms with van der Waals surface area (Å²) < 4.78 is 1.28. The minimum atomic E-state index is 0.741. The number of hydrogen-bond donors (Lipinski definition) is 1. The van der Waals surface area contributed by atoms with Crippen LogP contribution >= 0.6 is 15.9 Å². The molecule has 1 N–H and O–H groups in total. The first-order valence-electron chi connectivity index (χ1n) is 8.49. The van der Waals surface area contributed by atoms with Crippen molar-refractivity contribution in [1.82, 2.24) is 10.2 Å². The van der Waals surface area contributed by atoms with Crippen LogP contribution in [0, 0.1) is 0 Å². The van der Waals surface area contributed by atoms with Gasteiger partial charge in [-0.1, -0.05) is 41.1 Å². The van der Waals surface area contributed by atoms with E-state index in [2.05, 4.69) is 57.3 Å². The molecule has 1 aliphatic carbocycles. The van der Waals surface area contributed by atoms with Crippen LogP contribution < -0.4 is 5.32 Å². The predicted octanol–water partition coefficient (Wildman–Crippen LogP) is 4.16. The summed E-state index contributed by atoms with van der Waals surface area (Å²) in [6, 6.07) is 10.2. The predicted molar refractivity (Wildman–Crippen MR) is 92.8 cm³/mol. The van der Waals surface area contributed by atoms with Crippen molar-refractivity contribution < 1.29 is 0 Å². The number of benzene rings is 1. The van der Waals surface area contributed by atoms with Gasteiger partial charge in [0.2, 0.25) is 0 Å². The first-order chi connectivity index (χ1) is 10.3. The highest BCUT2D eigenvalue weighted by Crippen LogP contribution is 2.40. The van der Waals surface area contributed by atoms with Crippen LogP contribution in [0.15, 0.2) is 28.7 Å². The van der Waals surface area contributed by atoms with Gasteiger partial charge in [0.05, 0.1) is 0 Å². The summed E-state index contributed by atoms with van der Waals surface area (Å²) in [7, 11) is 0. The molecule has 0 unspecified atom stereocenters. The lowest BCUT2D eigenvalue weighted by Crippen LogP contribution is -2.50. The van der Waals surface area contributed by atoms with Crippen LogP contribution in [0.1, 0.15) is 50.5 Å². The summed E-state index contributed by atoms with van der Waals surface area (Å²) in [5, 5.41) is 3.90. The second-order valence-electron chi connectivity index (χ2n) is 6.67. The zero-order valence-electron chi connectivity index (χ0n) is 13.0. The van der Waals surface area contributed by atoms with Crippen molar-refractivity contribution in [2.24, 2.45) is 0 Å². The van der Waals surface area contributed by atoms with Crippen molar-refractivity contribution >= 4 is 15.9 Å². The van der Waals surface area contributed by atoms with Crippen LogP contribution in [0.3, 0.4) is 0 Å². The summed E-state index contributed by atoms with van der Waals surface area (Å²) in [5.41, 5.74) is 1.49. The molecule has 1 saturated carbocycles. The van der Waals surface area contributed by atoms with Gasteiger partial charge in [-0.15, -0.1) is 0 Å². The molecule has 1 saturated heterocycles. The van der Waals surface area contributed by atoms with Crippen LogP contribution in [0.5, 0.6) is 0 Å². The molecule has 1 aromatic carbocycles. The van der Waals surface area contributed by atoms with Gasteiger partial charge in [-0.05, 0) is 69.3 Å². The van der Waals surface area contributed by atoms with Crippen molar-refractivity contribution in [3.8, 4) is 0 Å². The van der Waals surface area contributed by atoms with E-state index in [0.717, 1.165) is 18.0 Å². The molecule has 1 aliphatic heterocycles. The minimum Gasteiger partial charge on any atom is -0.311 e. The van der Waals surface area contributed by atoms with Gasteiger partial charge in [-0.2, -0.15) is 0 Å². The van der Waals surface area contributed by atoms with Gasteiger partial charge in [0.25, 0.3) is 0 Å². The second-order valence-corrected chi connectivity index (χ2v) is 7.52. The Morgan fingerprint density at radius 3 is 2.52 bits per heavy atom. The molecular formula is C18H27BrN2. The van der Waals surface area contributed by atoms with E-state index in [9.17, 15) is 0 Å². The molecule has 0 aromatic heterocycles. The van der Waals surface area contributed by atoms with E-state index in [1.54, 1.807) is 0 Å². The summed E-state index contributed by atoms with van der Waals surface area (Å²) >= 11 is 3.69. The van der Waals surface area contributed by atoms with Crippen LogP contribution in [-0.4, -0.2) is 36.6 Å². The molecule has 0 spiro atoms. The third-order valence-electron chi connectivity index (χ3n) is 5.08. The number of nitrogens with zero attached hydrogens (tertiary/aromatic N) is 1. The maximum absolute atomic E-state index is 3.90. The van der Waals surface area contributed by atoms with E-state index in [1.165, 1.54) is 61.8 Å². The topological polar surface area (TPSA) is 15.3 Å². The molecule has 2 aliphatic rings. The number of hydrogen-bond acceptors (Lipinski definition) is 2. The van der Waals surface area contributed by atoms with Gasteiger partial charge in [0.15, 0.2) is 0 Å². The van der Waals surface area contributed by atoms with Gasteiger partial charge >= 0.3 is 0 Å². The van der Waals surface area contributed by atoms with Crippen LogP contribution in [0.4, 0.5) is 0 Å². The molecule has 116 valence electrons. The lowest BCUT2D eigenvalue weighted by molar-refractivity contribution is 0.171. The van der Waals surface area contributed by atoms with Crippen molar-refractivity contribution in [1.29, 1.82) is 0 Å². The van der Waals surface area contributed by atoms with Gasteiger partial charge in [-0.3, -0.25) is 0 Å². The molecule has 0 amide bonds. The molecule has 2 fully saturated rings. The Morgan fingerprint density at radius 2 is 1.86 bits per heavy atom. The highest BCUT2D eigenvalue weighted by Gasteiger charge is 2.33. The van der Waals surface area contributed by atoms with Crippen molar-refractivity contribution in [2.45, 2.75) is 57.0 Å². The van der Waals surface area contributed by atoms with E-state index < -0.39 is 0 Å². The molecule has 21 heavy (non-hydrogen) atoms. The van der Waals surface area contributed by atoms with E-state index in [0.29, 0.717) is 0 Å². The SMILES string of the molecule is CCCN1CCC(NC2CC(c3ccccc3Br)C2)CC1. The molecular weight excluding hydrogens is 324 g/mol. The highest BCUT2D eigenvalue weighted by molar-refractivity contribution is 9.10. The minimum absolute atomic E-state index is 0.741. The van der Waals surface area contributed by atoms with E-state index in [-0.39, 0.29) is 0 Å². The van der Waals surface area contributed by atoms with Crippen LogP contribution in [-0.2, 0) is 0 Å². The third kappa shape index (κ3) is 3.88. The van der Waals surface area contributed by atoms with Gasteiger partial charge < -0.3 is 10.2 Å². The van der Waals surface area contributed by atoms with Crippen LogP contribution in [0.2, 0.25) is 0 Å². The monoisotopic (exact) mass is 350 g/mol. The number of halogens is 1.